The van der Waals surface area contributed by atoms with Gasteiger partial charge in [-0.2, -0.15) is 0 Å². The summed E-state index contributed by atoms with van der Waals surface area (Å²) in [7, 11) is 1.30. The van der Waals surface area contributed by atoms with E-state index in [0.717, 1.165) is 116 Å². The SMILES string of the molecule is CC/C=C\C/C=C\C/C=C\C/C=C\C/C=C\CCCCCCCCCC(=O)OC(COCCCCC/C=C\C/C=C\C/C=C\C/C=C\CC)COP(=O)([O-])OCC[N+](C)(C)C. The van der Waals surface area contributed by atoms with Crippen LogP contribution in [0.2, 0.25) is 0 Å². The molecule has 8 nitrogen and oxygen atoms in total. The number of likely N-dealkylation sites (N-methyl/N-ethyl adjacent to an activating group) is 1. The maximum atomic E-state index is 12.7. The highest BCUT2D eigenvalue weighted by atomic mass is 31.2. The van der Waals surface area contributed by atoms with E-state index < -0.39 is 13.9 Å². The van der Waals surface area contributed by atoms with Crippen molar-refractivity contribution >= 4 is 13.8 Å². The highest BCUT2D eigenvalue weighted by Gasteiger charge is 2.20. The summed E-state index contributed by atoms with van der Waals surface area (Å²) in [4.78, 5) is 25.1. The Morgan fingerprint density at radius 2 is 0.902 bits per heavy atom. The number of carbonyl (C=O) groups is 1. The average molecular weight is 870 g/mol. The van der Waals surface area contributed by atoms with E-state index in [0.29, 0.717) is 17.6 Å². The van der Waals surface area contributed by atoms with Crippen LogP contribution in [0.4, 0.5) is 0 Å². The lowest BCUT2D eigenvalue weighted by atomic mass is 10.1. The second-order valence-corrected chi connectivity index (χ2v) is 17.8. The van der Waals surface area contributed by atoms with Crippen LogP contribution in [0.5, 0.6) is 0 Å². The maximum absolute atomic E-state index is 12.7. The van der Waals surface area contributed by atoms with Crippen LogP contribution in [0.25, 0.3) is 0 Å². The van der Waals surface area contributed by atoms with Crippen molar-refractivity contribution in [2.75, 3.05) is 54.1 Å². The van der Waals surface area contributed by atoms with E-state index in [1.165, 1.54) is 19.3 Å². The maximum Gasteiger partial charge on any atom is 0.306 e. The van der Waals surface area contributed by atoms with Crippen molar-refractivity contribution in [2.24, 2.45) is 0 Å². The van der Waals surface area contributed by atoms with Crippen LogP contribution in [-0.4, -0.2) is 70.7 Å². The van der Waals surface area contributed by atoms with Crippen molar-refractivity contribution in [2.45, 2.75) is 161 Å². The largest absolute Gasteiger partial charge is 0.756 e. The monoisotopic (exact) mass is 870 g/mol. The molecule has 0 saturated carbocycles. The van der Waals surface area contributed by atoms with Crippen LogP contribution >= 0.6 is 7.82 Å². The van der Waals surface area contributed by atoms with Gasteiger partial charge in [0.05, 0.1) is 34.4 Å². The minimum Gasteiger partial charge on any atom is -0.756 e. The minimum atomic E-state index is -4.55. The summed E-state index contributed by atoms with van der Waals surface area (Å²) >= 11 is 0. The molecule has 0 heterocycles. The van der Waals surface area contributed by atoms with Gasteiger partial charge in [0.15, 0.2) is 0 Å². The molecule has 0 bridgehead atoms. The Morgan fingerprint density at radius 3 is 1.34 bits per heavy atom. The Hall–Kier alpha value is -2.84. The zero-order valence-corrected chi connectivity index (χ0v) is 40.2. The lowest BCUT2D eigenvalue weighted by Gasteiger charge is -2.28. The van der Waals surface area contributed by atoms with Crippen LogP contribution in [0.3, 0.4) is 0 Å². The van der Waals surface area contributed by atoms with E-state index >= 15 is 0 Å². The van der Waals surface area contributed by atoms with Gasteiger partial charge < -0.3 is 27.9 Å². The summed E-state index contributed by atoms with van der Waals surface area (Å²) in [6, 6.07) is 0. The number of rotatable bonds is 42. The van der Waals surface area contributed by atoms with E-state index in [1.807, 2.05) is 21.1 Å². The van der Waals surface area contributed by atoms with E-state index in [1.54, 1.807) is 0 Å². The van der Waals surface area contributed by atoms with E-state index in [-0.39, 0.29) is 32.2 Å². The first-order valence-electron chi connectivity index (χ1n) is 23.6. The molecule has 0 saturated heterocycles. The number of ether oxygens (including phenoxy) is 2. The van der Waals surface area contributed by atoms with Gasteiger partial charge in [0.25, 0.3) is 7.82 Å². The van der Waals surface area contributed by atoms with Gasteiger partial charge in [-0.1, -0.05) is 162 Å². The fraction of sp³-hybridized carbons (Fsp3) is 0.635. The summed E-state index contributed by atoms with van der Waals surface area (Å²) in [6.45, 7) is 5.05. The molecule has 0 radical (unpaired) electrons. The van der Waals surface area contributed by atoms with E-state index in [9.17, 15) is 14.3 Å². The van der Waals surface area contributed by atoms with Crippen molar-refractivity contribution in [3.63, 3.8) is 0 Å². The number of hydrogen-bond donors (Lipinski definition) is 0. The average Bonchev–Trinajstić information content (AvgIpc) is 3.22. The van der Waals surface area contributed by atoms with Gasteiger partial charge in [-0.3, -0.25) is 9.36 Å². The van der Waals surface area contributed by atoms with Crippen LogP contribution in [-0.2, 0) is 27.9 Å². The van der Waals surface area contributed by atoms with Gasteiger partial charge >= 0.3 is 5.97 Å². The summed E-state index contributed by atoms with van der Waals surface area (Å²) in [5, 5.41) is 0. The van der Waals surface area contributed by atoms with Gasteiger partial charge in [-0.15, -0.1) is 0 Å². The van der Waals surface area contributed by atoms with E-state index in [2.05, 4.69) is 123 Å². The molecule has 0 aliphatic carbocycles. The topological polar surface area (TPSA) is 94.1 Å². The second-order valence-electron chi connectivity index (χ2n) is 16.3. The smallest absolute Gasteiger partial charge is 0.306 e. The molecule has 0 rings (SSSR count). The molecular weight excluding hydrogens is 782 g/mol. The number of nitrogens with zero attached hydrogens (tertiary/aromatic N) is 1. The summed E-state index contributed by atoms with van der Waals surface area (Å²) in [5.74, 6) is -0.362. The van der Waals surface area contributed by atoms with Crippen molar-refractivity contribution in [3.8, 4) is 0 Å². The number of carbonyl (C=O) groups excluding carboxylic acids is 1. The molecule has 0 aromatic carbocycles. The molecular formula is C52H88NO7P. The molecule has 0 fully saturated rings. The van der Waals surface area contributed by atoms with Gasteiger partial charge in [-0.05, 0) is 96.3 Å². The van der Waals surface area contributed by atoms with Gasteiger partial charge in [0, 0.05) is 13.0 Å². The highest BCUT2D eigenvalue weighted by molar-refractivity contribution is 7.45. The third kappa shape index (κ3) is 48.1. The molecule has 0 spiro atoms. The number of phosphoric ester groups is 1. The third-order valence-corrected chi connectivity index (χ3v) is 10.3. The van der Waals surface area contributed by atoms with Crippen LogP contribution < -0.4 is 4.89 Å². The van der Waals surface area contributed by atoms with Crippen molar-refractivity contribution in [1.82, 2.24) is 0 Å². The lowest BCUT2D eigenvalue weighted by molar-refractivity contribution is -0.870. The molecule has 0 amide bonds. The summed E-state index contributed by atoms with van der Waals surface area (Å²) in [5.41, 5.74) is 0. The zero-order chi connectivity index (χ0) is 44.8. The second kappa shape index (κ2) is 43.8. The predicted octanol–water partition coefficient (Wildman–Crippen LogP) is 13.8. The third-order valence-electron chi connectivity index (χ3n) is 9.32. The highest BCUT2D eigenvalue weighted by Crippen LogP contribution is 2.38. The number of quaternary nitrogens is 1. The quantitative estimate of drug-likeness (QED) is 0.0198. The first-order chi connectivity index (χ1) is 29.6. The summed E-state index contributed by atoms with van der Waals surface area (Å²) < 4.78 is 34.6. The Bertz CT molecular complexity index is 1340. The van der Waals surface area contributed by atoms with Crippen LogP contribution in [0, 0.1) is 0 Å². The Balaban J connectivity index is 4.29. The standard InChI is InChI=1S/C52H88NO7P/c1-6-8-10-12-14-16-18-20-22-24-25-26-27-28-29-30-31-33-35-37-39-41-43-45-52(54)60-51(50-59-61(55,56)58-48-46-53(3,4)5)49-57-47-44-42-40-38-36-34-32-23-21-19-17-15-13-11-9-7-2/h8-11,14-17,20-23,25-26,28-29,34,36,51H,6-7,12-13,18-19,24,27,30-33,35,37-50H2,1-5H3/b10-8-,11-9-,16-14-,17-15-,22-20-,23-21-,26-25-,29-28-,36-34-. The molecule has 2 atom stereocenters. The fourth-order valence-electron chi connectivity index (χ4n) is 5.74. The lowest BCUT2D eigenvalue weighted by Crippen LogP contribution is -2.37. The van der Waals surface area contributed by atoms with Crippen molar-refractivity contribution in [3.05, 3.63) is 109 Å². The molecule has 61 heavy (non-hydrogen) atoms. The predicted molar refractivity (Wildman–Crippen MR) is 258 cm³/mol. The fourth-order valence-corrected chi connectivity index (χ4v) is 6.47. The number of allylic oxidation sites excluding steroid dienone is 18. The molecule has 0 aliphatic rings. The number of phosphoric acid groups is 1. The van der Waals surface area contributed by atoms with E-state index in [4.69, 9.17) is 18.5 Å². The Kier molecular flexibility index (Phi) is 41.8. The van der Waals surface area contributed by atoms with Gasteiger partial charge in [0.2, 0.25) is 0 Å². The number of unbranched alkanes of at least 4 members (excludes halogenated alkanes) is 10. The van der Waals surface area contributed by atoms with Crippen molar-refractivity contribution < 1.29 is 37.3 Å². The minimum absolute atomic E-state index is 0.0104. The Labute approximate surface area is 374 Å². The molecule has 0 N–H and O–H groups in total. The zero-order valence-electron chi connectivity index (χ0n) is 39.3. The molecule has 0 aliphatic heterocycles. The van der Waals surface area contributed by atoms with Gasteiger partial charge in [-0.25, -0.2) is 0 Å². The van der Waals surface area contributed by atoms with Gasteiger partial charge in [0.1, 0.15) is 19.3 Å². The number of hydrogen-bond acceptors (Lipinski definition) is 7. The molecule has 0 aromatic rings. The van der Waals surface area contributed by atoms with Crippen LogP contribution in [0.15, 0.2) is 109 Å². The Morgan fingerprint density at radius 1 is 0.508 bits per heavy atom. The molecule has 348 valence electrons. The molecule has 2 unspecified atom stereocenters. The van der Waals surface area contributed by atoms with Crippen LogP contribution in [0.1, 0.15) is 155 Å². The first kappa shape index (κ1) is 58.2. The summed E-state index contributed by atoms with van der Waals surface area (Å²) in [6.07, 6.45) is 61.1. The molecule has 9 heteroatoms. The molecule has 0 aromatic heterocycles. The normalized spacial score (nSPS) is 14.7. The number of esters is 1. The first-order valence-corrected chi connectivity index (χ1v) is 25.1. The van der Waals surface area contributed by atoms with Crippen molar-refractivity contribution in [1.29, 1.82) is 0 Å².